The van der Waals surface area contributed by atoms with Gasteiger partial charge in [-0.05, 0) is 30.3 Å². The van der Waals surface area contributed by atoms with Crippen LogP contribution in [-0.4, -0.2) is 29.6 Å². The van der Waals surface area contributed by atoms with Gasteiger partial charge in [0.05, 0.1) is 15.5 Å². The van der Waals surface area contributed by atoms with Crippen LogP contribution in [0.3, 0.4) is 0 Å². The topological polar surface area (TPSA) is 76.4 Å². The highest BCUT2D eigenvalue weighted by Gasteiger charge is 2.34. The fourth-order valence-corrected chi connectivity index (χ4v) is 3.61. The van der Waals surface area contributed by atoms with Crippen LogP contribution in [0.5, 0.6) is 0 Å². The van der Waals surface area contributed by atoms with E-state index in [1.165, 1.54) is 0 Å². The zero-order chi connectivity index (χ0) is 18.9. The molecule has 2 heterocycles. The molecule has 0 amide bonds. The number of fused-ring (bicyclic) bond motifs is 1. The molecule has 2 aromatic heterocycles. The second kappa shape index (κ2) is 6.86. The molecule has 11 heteroatoms. The van der Waals surface area contributed by atoms with Crippen molar-refractivity contribution in [1.29, 1.82) is 0 Å². The van der Waals surface area contributed by atoms with Crippen LogP contribution in [0.25, 0.3) is 5.65 Å². The SMILES string of the molecule is O=S(=O)(NCCc1nnc2ccccn12)c1ccc(Cl)c(C(F)(F)F)c1. The van der Waals surface area contributed by atoms with Crippen LogP contribution in [0.1, 0.15) is 11.4 Å². The lowest BCUT2D eigenvalue weighted by Gasteiger charge is -2.12. The maximum Gasteiger partial charge on any atom is 0.417 e. The number of hydrogen-bond donors (Lipinski definition) is 1. The minimum atomic E-state index is -4.75. The van der Waals surface area contributed by atoms with E-state index in [4.69, 9.17) is 11.6 Å². The number of pyridine rings is 1. The summed E-state index contributed by atoms with van der Waals surface area (Å²) in [7, 11) is -4.13. The van der Waals surface area contributed by atoms with Gasteiger partial charge in [0.1, 0.15) is 5.82 Å². The largest absolute Gasteiger partial charge is 0.417 e. The van der Waals surface area contributed by atoms with Crippen molar-refractivity contribution in [2.45, 2.75) is 17.5 Å². The van der Waals surface area contributed by atoms with Crippen LogP contribution in [-0.2, 0) is 22.6 Å². The molecule has 0 aliphatic rings. The highest BCUT2D eigenvalue weighted by Crippen LogP contribution is 2.35. The second-order valence-corrected chi connectivity index (χ2v) is 7.51. The Morgan fingerprint density at radius 1 is 1.15 bits per heavy atom. The van der Waals surface area contributed by atoms with E-state index in [2.05, 4.69) is 14.9 Å². The zero-order valence-electron chi connectivity index (χ0n) is 13.0. The second-order valence-electron chi connectivity index (χ2n) is 5.33. The molecule has 0 aliphatic carbocycles. The van der Waals surface area contributed by atoms with E-state index in [9.17, 15) is 21.6 Å². The van der Waals surface area contributed by atoms with Gasteiger partial charge in [-0.1, -0.05) is 17.7 Å². The number of benzene rings is 1. The molecule has 3 rings (SSSR count). The van der Waals surface area contributed by atoms with E-state index in [0.717, 1.165) is 12.1 Å². The van der Waals surface area contributed by atoms with E-state index in [1.807, 2.05) is 0 Å². The molecule has 26 heavy (non-hydrogen) atoms. The summed E-state index contributed by atoms with van der Waals surface area (Å²) in [6.07, 6.45) is -2.80. The standard InChI is InChI=1S/C15H12ClF3N4O2S/c16-12-5-4-10(9-11(12)15(17,18)19)26(24,25)20-7-6-14-22-21-13-3-1-2-8-23(13)14/h1-5,8-9,20H,6-7H2. The van der Waals surface area contributed by atoms with E-state index >= 15 is 0 Å². The van der Waals surface area contributed by atoms with Crippen molar-refractivity contribution < 1.29 is 21.6 Å². The molecule has 0 bridgehead atoms. The molecule has 1 aromatic carbocycles. The first-order valence-corrected chi connectivity index (χ1v) is 9.20. The average Bonchev–Trinajstić information content (AvgIpc) is 2.97. The number of hydrogen-bond acceptors (Lipinski definition) is 4. The summed E-state index contributed by atoms with van der Waals surface area (Å²) in [6.45, 7) is -0.0536. The highest BCUT2D eigenvalue weighted by atomic mass is 35.5. The van der Waals surface area contributed by atoms with E-state index < -0.39 is 31.7 Å². The Hall–Kier alpha value is -2.17. The summed E-state index contributed by atoms with van der Waals surface area (Å²) in [4.78, 5) is -0.514. The molecule has 3 aromatic rings. The Balaban J connectivity index is 1.75. The van der Waals surface area contributed by atoms with E-state index in [1.54, 1.807) is 28.8 Å². The predicted octanol–water partition coefficient (Wildman–Crippen LogP) is 2.92. The lowest BCUT2D eigenvalue weighted by Crippen LogP contribution is -2.26. The Bertz CT molecular complexity index is 1050. The van der Waals surface area contributed by atoms with Gasteiger partial charge in [-0.15, -0.1) is 10.2 Å². The first kappa shape index (κ1) is 18.6. The summed E-state index contributed by atoms with van der Waals surface area (Å²) in [6, 6.07) is 7.74. The maximum atomic E-state index is 12.9. The molecule has 0 spiro atoms. The lowest BCUT2D eigenvalue weighted by atomic mass is 10.2. The van der Waals surface area contributed by atoms with Crippen molar-refractivity contribution in [3.8, 4) is 0 Å². The molecular weight excluding hydrogens is 393 g/mol. The summed E-state index contributed by atoms with van der Waals surface area (Å²) in [5, 5.41) is 7.33. The summed E-state index contributed by atoms with van der Waals surface area (Å²) in [5.74, 6) is 0.524. The van der Waals surface area contributed by atoms with Crippen LogP contribution in [0, 0.1) is 0 Å². The Labute approximate surface area is 151 Å². The van der Waals surface area contributed by atoms with Crippen molar-refractivity contribution in [3.63, 3.8) is 0 Å². The first-order valence-electron chi connectivity index (χ1n) is 7.33. The van der Waals surface area contributed by atoms with Crippen LogP contribution in [0.15, 0.2) is 47.5 Å². The van der Waals surface area contributed by atoms with Crippen LogP contribution in [0.4, 0.5) is 13.2 Å². The number of aromatic nitrogens is 3. The number of nitrogens with one attached hydrogen (secondary N) is 1. The smallest absolute Gasteiger partial charge is 0.286 e. The van der Waals surface area contributed by atoms with Crippen molar-refractivity contribution in [1.82, 2.24) is 19.3 Å². The minimum Gasteiger partial charge on any atom is -0.286 e. The van der Waals surface area contributed by atoms with Gasteiger partial charge in [0.15, 0.2) is 5.65 Å². The maximum absolute atomic E-state index is 12.9. The van der Waals surface area contributed by atoms with Gasteiger partial charge in [0.25, 0.3) is 0 Å². The normalized spacial score (nSPS) is 12.6. The Kier molecular flexibility index (Phi) is 4.91. The number of halogens is 4. The molecule has 0 saturated carbocycles. The molecule has 138 valence electrons. The third-order valence-electron chi connectivity index (χ3n) is 3.58. The van der Waals surface area contributed by atoms with Crippen molar-refractivity contribution >= 4 is 27.3 Å². The third-order valence-corrected chi connectivity index (χ3v) is 5.37. The van der Waals surface area contributed by atoms with Crippen LogP contribution >= 0.6 is 11.6 Å². The van der Waals surface area contributed by atoms with Crippen LogP contribution < -0.4 is 4.72 Å². The predicted molar refractivity (Wildman–Crippen MR) is 88.3 cm³/mol. The van der Waals surface area contributed by atoms with Crippen molar-refractivity contribution in [2.75, 3.05) is 6.54 Å². The lowest BCUT2D eigenvalue weighted by molar-refractivity contribution is -0.137. The van der Waals surface area contributed by atoms with Crippen LogP contribution in [0.2, 0.25) is 5.02 Å². The number of nitrogens with zero attached hydrogens (tertiary/aromatic N) is 3. The fourth-order valence-electron chi connectivity index (χ4n) is 2.33. The molecule has 0 aliphatic heterocycles. The van der Waals surface area contributed by atoms with E-state index in [-0.39, 0.29) is 13.0 Å². The first-order chi connectivity index (χ1) is 12.2. The number of sulfonamides is 1. The molecule has 1 N–H and O–H groups in total. The number of alkyl halides is 3. The molecule has 0 saturated heterocycles. The summed E-state index contributed by atoms with van der Waals surface area (Å²) >= 11 is 5.51. The molecule has 0 atom stereocenters. The highest BCUT2D eigenvalue weighted by molar-refractivity contribution is 7.89. The van der Waals surface area contributed by atoms with Gasteiger partial charge >= 0.3 is 6.18 Å². The quantitative estimate of drug-likeness (QED) is 0.709. The third kappa shape index (κ3) is 3.81. The van der Waals surface area contributed by atoms with Gasteiger partial charge in [-0.3, -0.25) is 4.40 Å². The van der Waals surface area contributed by atoms with Gasteiger partial charge in [-0.2, -0.15) is 13.2 Å². The van der Waals surface area contributed by atoms with Gasteiger partial charge in [-0.25, -0.2) is 13.1 Å². The Morgan fingerprint density at radius 3 is 2.65 bits per heavy atom. The summed E-state index contributed by atoms with van der Waals surface area (Å²) in [5.41, 5.74) is -0.594. The van der Waals surface area contributed by atoms with Crippen molar-refractivity contribution in [3.05, 3.63) is 59.0 Å². The van der Waals surface area contributed by atoms with Crippen molar-refractivity contribution in [2.24, 2.45) is 0 Å². The minimum absolute atomic E-state index is 0.0536. The van der Waals surface area contributed by atoms with Gasteiger partial charge in [0.2, 0.25) is 10.0 Å². The van der Waals surface area contributed by atoms with Gasteiger partial charge in [0, 0.05) is 19.2 Å². The molecule has 0 unspecified atom stereocenters. The molecule has 6 nitrogen and oxygen atoms in total. The molecular formula is C15H12ClF3N4O2S. The summed E-state index contributed by atoms with van der Waals surface area (Å²) < 4.78 is 67.1. The van der Waals surface area contributed by atoms with Gasteiger partial charge < -0.3 is 0 Å². The monoisotopic (exact) mass is 404 g/mol. The number of rotatable bonds is 5. The van der Waals surface area contributed by atoms with E-state index in [0.29, 0.717) is 17.5 Å². The molecule has 0 radical (unpaired) electrons. The average molecular weight is 405 g/mol. The Morgan fingerprint density at radius 2 is 1.92 bits per heavy atom. The zero-order valence-corrected chi connectivity index (χ0v) is 14.6. The fraction of sp³-hybridized carbons (Fsp3) is 0.200. The molecule has 0 fully saturated rings.